The van der Waals surface area contributed by atoms with Gasteiger partial charge in [-0.2, -0.15) is 0 Å². The Kier molecular flexibility index (Phi) is 2.64. The van der Waals surface area contributed by atoms with Crippen LogP contribution >= 0.6 is 11.3 Å². The molecule has 3 heterocycles. The molecule has 6 heteroatoms. The lowest BCUT2D eigenvalue weighted by atomic mass is 10.3. The molecule has 0 unspecified atom stereocenters. The topological polar surface area (TPSA) is 77.6 Å². The van der Waals surface area contributed by atoms with E-state index in [2.05, 4.69) is 32.9 Å². The van der Waals surface area contributed by atoms with E-state index in [1.165, 1.54) is 4.88 Å². The summed E-state index contributed by atoms with van der Waals surface area (Å²) in [7, 11) is 0. The number of aromatic nitrogens is 4. The normalized spacial score (nSPS) is 10.9. The molecule has 3 aromatic heterocycles. The standard InChI is InChI=1S/C12H11N5S/c1-2-7-5-8-10(13)16-11(17-12(8)18-7)9-6-14-3-4-15-9/h3-6H,2H2,1H3,(H2,13,16,17). The minimum Gasteiger partial charge on any atom is -0.383 e. The number of fused-ring (bicyclic) bond motifs is 1. The molecule has 0 aliphatic carbocycles. The quantitative estimate of drug-likeness (QED) is 0.762. The lowest BCUT2D eigenvalue weighted by Gasteiger charge is -2.00. The Labute approximate surface area is 108 Å². The molecule has 0 aliphatic heterocycles. The highest BCUT2D eigenvalue weighted by molar-refractivity contribution is 7.18. The van der Waals surface area contributed by atoms with Crippen molar-refractivity contribution < 1.29 is 0 Å². The average molecular weight is 257 g/mol. The number of nitrogen functional groups attached to an aromatic ring is 1. The van der Waals surface area contributed by atoms with Crippen LogP contribution in [0, 0.1) is 0 Å². The van der Waals surface area contributed by atoms with Crippen molar-refractivity contribution in [3.8, 4) is 11.5 Å². The van der Waals surface area contributed by atoms with Crippen LogP contribution in [0.25, 0.3) is 21.7 Å². The third kappa shape index (κ3) is 1.80. The Balaban J connectivity index is 2.21. The zero-order valence-electron chi connectivity index (χ0n) is 9.79. The molecule has 2 N–H and O–H groups in total. The SMILES string of the molecule is CCc1cc2c(N)nc(-c3cnccn3)nc2s1. The fourth-order valence-corrected chi connectivity index (χ4v) is 2.67. The molecule has 0 saturated heterocycles. The van der Waals surface area contributed by atoms with Crippen molar-refractivity contribution in [3.05, 3.63) is 29.5 Å². The highest BCUT2D eigenvalue weighted by Crippen LogP contribution is 2.29. The van der Waals surface area contributed by atoms with E-state index >= 15 is 0 Å². The number of nitrogens with two attached hydrogens (primary N) is 1. The number of rotatable bonds is 2. The molecular weight excluding hydrogens is 246 g/mol. The van der Waals surface area contributed by atoms with E-state index in [0.29, 0.717) is 17.3 Å². The zero-order valence-corrected chi connectivity index (χ0v) is 10.6. The van der Waals surface area contributed by atoms with E-state index in [9.17, 15) is 0 Å². The van der Waals surface area contributed by atoms with E-state index in [1.807, 2.05) is 0 Å². The van der Waals surface area contributed by atoms with Gasteiger partial charge in [-0.1, -0.05) is 6.92 Å². The Morgan fingerprint density at radius 3 is 2.89 bits per heavy atom. The predicted molar refractivity (Wildman–Crippen MR) is 72.2 cm³/mol. The van der Waals surface area contributed by atoms with Crippen LogP contribution in [-0.2, 0) is 6.42 Å². The maximum Gasteiger partial charge on any atom is 0.183 e. The molecule has 3 rings (SSSR count). The van der Waals surface area contributed by atoms with Gasteiger partial charge >= 0.3 is 0 Å². The fraction of sp³-hybridized carbons (Fsp3) is 0.167. The summed E-state index contributed by atoms with van der Waals surface area (Å²) < 4.78 is 0. The first-order chi connectivity index (χ1) is 8.78. The minimum atomic E-state index is 0.497. The van der Waals surface area contributed by atoms with Crippen LogP contribution in [0.15, 0.2) is 24.7 Å². The van der Waals surface area contributed by atoms with Crippen molar-refractivity contribution in [1.29, 1.82) is 0 Å². The second kappa shape index (κ2) is 4.30. The number of hydrogen-bond acceptors (Lipinski definition) is 6. The van der Waals surface area contributed by atoms with Gasteiger partial charge in [0.25, 0.3) is 0 Å². The highest BCUT2D eigenvalue weighted by atomic mass is 32.1. The molecule has 90 valence electrons. The molecule has 0 amide bonds. The van der Waals surface area contributed by atoms with Gasteiger partial charge in [-0.25, -0.2) is 15.0 Å². The van der Waals surface area contributed by atoms with E-state index in [4.69, 9.17) is 5.73 Å². The first-order valence-corrected chi connectivity index (χ1v) is 6.42. The summed E-state index contributed by atoms with van der Waals surface area (Å²) >= 11 is 1.64. The smallest absolute Gasteiger partial charge is 0.183 e. The zero-order chi connectivity index (χ0) is 12.5. The molecule has 5 nitrogen and oxygen atoms in total. The van der Waals surface area contributed by atoms with Gasteiger partial charge in [0, 0.05) is 17.3 Å². The minimum absolute atomic E-state index is 0.497. The van der Waals surface area contributed by atoms with Crippen LogP contribution in [-0.4, -0.2) is 19.9 Å². The van der Waals surface area contributed by atoms with Crippen LogP contribution in [0.1, 0.15) is 11.8 Å². The maximum absolute atomic E-state index is 5.97. The molecule has 0 radical (unpaired) electrons. The molecule has 0 aromatic carbocycles. The predicted octanol–water partition coefficient (Wildman–Crippen LogP) is 2.29. The number of thiophene rings is 1. The molecule has 0 fully saturated rings. The average Bonchev–Trinajstić information content (AvgIpc) is 2.83. The summed E-state index contributed by atoms with van der Waals surface area (Å²) in [5.41, 5.74) is 6.61. The molecule has 0 spiro atoms. The molecular formula is C12H11N5S. The van der Waals surface area contributed by atoms with E-state index in [-0.39, 0.29) is 0 Å². The molecule has 0 atom stereocenters. The van der Waals surface area contributed by atoms with Crippen molar-refractivity contribution in [1.82, 2.24) is 19.9 Å². The van der Waals surface area contributed by atoms with Crippen LogP contribution in [0.5, 0.6) is 0 Å². The van der Waals surface area contributed by atoms with Crippen LogP contribution in [0.3, 0.4) is 0 Å². The molecule has 3 aromatic rings. The van der Waals surface area contributed by atoms with Crippen molar-refractivity contribution >= 4 is 27.4 Å². The Bertz CT molecular complexity index is 692. The lowest BCUT2D eigenvalue weighted by molar-refractivity contribution is 1.14. The third-order valence-electron chi connectivity index (χ3n) is 2.61. The van der Waals surface area contributed by atoms with Gasteiger partial charge in [0.1, 0.15) is 16.3 Å². The number of hydrogen-bond donors (Lipinski definition) is 1. The monoisotopic (exact) mass is 257 g/mol. The fourth-order valence-electron chi connectivity index (χ4n) is 1.70. The van der Waals surface area contributed by atoms with Gasteiger partial charge in [0.2, 0.25) is 0 Å². The Morgan fingerprint density at radius 1 is 1.28 bits per heavy atom. The lowest BCUT2D eigenvalue weighted by Crippen LogP contribution is -1.97. The van der Waals surface area contributed by atoms with Crippen molar-refractivity contribution in [2.24, 2.45) is 0 Å². The molecule has 18 heavy (non-hydrogen) atoms. The van der Waals surface area contributed by atoms with E-state index < -0.39 is 0 Å². The Morgan fingerprint density at radius 2 is 2.17 bits per heavy atom. The van der Waals surface area contributed by atoms with Crippen LogP contribution < -0.4 is 5.73 Å². The first kappa shape index (κ1) is 11.0. The summed E-state index contributed by atoms with van der Waals surface area (Å²) in [6.07, 6.45) is 5.84. The summed E-state index contributed by atoms with van der Waals surface area (Å²) in [6.45, 7) is 2.11. The molecule has 0 bridgehead atoms. The van der Waals surface area contributed by atoms with Crippen LogP contribution in [0.2, 0.25) is 0 Å². The van der Waals surface area contributed by atoms with Gasteiger partial charge in [-0.15, -0.1) is 11.3 Å². The van der Waals surface area contributed by atoms with Crippen LogP contribution in [0.4, 0.5) is 5.82 Å². The largest absolute Gasteiger partial charge is 0.383 e. The van der Waals surface area contributed by atoms with Gasteiger partial charge < -0.3 is 5.73 Å². The second-order valence-corrected chi connectivity index (χ2v) is 4.92. The van der Waals surface area contributed by atoms with Gasteiger partial charge in [-0.05, 0) is 12.5 Å². The summed E-state index contributed by atoms with van der Waals surface area (Å²) in [5.74, 6) is 1.02. The Hall–Kier alpha value is -2.08. The summed E-state index contributed by atoms with van der Waals surface area (Å²) in [5, 5.41) is 0.921. The second-order valence-electron chi connectivity index (χ2n) is 3.81. The number of anilines is 1. The maximum atomic E-state index is 5.97. The van der Waals surface area contributed by atoms with E-state index in [0.717, 1.165) is 16.6 Å². The highest BCUT2D eigenvalue weighted by Gasteiger charge is 2.11. The molecule has 0 saturated carbocycles. The van der Waals surface area contributed by atoms with Gasteiger partial charge in [0.05, 0.1) is 11.6 Å². The van der Waals surface area contributed by atoms with Gasteiger partial charge in [-0.3, -0.25) is 4.98 Å². The first-order valence-electron chi connectivity index (χ1n) is 5.60. The summed E-state index contributed by atoms with van der Waals surface area (Å²) in [4.78, 5) is 19.1. The van der Waals surface area contributed by atoms with Crippen molar-refractivity contribution in [2.75, 3.05) is 5.73 Å². The summed E-state index contributed by atoms with van der Waals surface area (Å²) in [6, 6.07) is 2.05. The molecule has 0 aliphatic rings. The van der Waals surface area contributed by atoms with E-state index in [1.54, 1.807) is 29.9 Å². The number of nitrogens with zero attached hydrogens (tertiary/aromatic N) is 4. The number of aryl methyl sites for hydroxylation is 1. The van der Waals surface area contributed by atoms with Crippen molar-refractivity contribution in [3.63, 3.8) is 0 Å². The van der Waals surface area contributed by atoms with Crippen molar-refractivity contribution in [2.45, 2.75) is 13.3 Å². The van der Waals surface area contributed by atoms with Gasteiger partial charge in [0.15, 0.2) is 5.82 Å². The third-order valence-corrected chi connectivity index (χ3v) is 3.79.